The summed E-state index contributed by atoms with van der Waals surface area (Å²) in [5.41, 5.74) is 3.56. The molecule has 0 bridgehead atoms. The van der Waals surface area contributed by atoms with Crippen molar-refractivity contribution in [2.75, 3.05) is 16.2 Å². The molecule has 0 spiro atoms. The van der Waals surface area contributed by atoms with Crippen LogP contribution in [0.1, 0.15) is 30.0 Å². The number of carbonyl (C=O) groups excluding carboxylic acids is 1. The maximum absolute atomic E-state index is 13.3. The fraction of sp³-hybridized carbons (Fsp3) is 0.231. The molecular weight excluding hydrogens is 434 g/mol. The minimum atomic E-state index is -3.79. The molecule has 1 aliphatic rings. The molecule has 3 aromatic rings. The predicted molar refractivity (Wildman–Crippen MR) is 128 cm³/mol. The summed E-state index contributed by atoms with van der Waals surface area (Å²) in [6, 6.07) is 23.0. The second-order valence-corrected chi connectivity index (χ2v) is 10.0. The lowest BCUT2D eigenvalue weighted by atomic mass is 9.92. The Morgan fingerprint density at radius 2 is 1.79 bits per heavy atom. The quantitative estimate of drug-likeness (QED) is 0.587. The number of hydrogen-bond donors (Lipinski definition) is 1. The number of benzene rings is 3. The highest BCUT2D eigenvalue weighted by atomic mass is 32.2. The maximum Gasteiger partial charge on any atom is 0.261 e. The van der Waals surface area contributed by atoms with E-state index in [0.29, 0.717) is 29.9 Å². The van der Waals surface area contributed by atoms with Gasteiger partial charge in [-0.15, -0.1) is 0 Å². The van der Waals surface area contributed by atoms with E-state index in [2.05, 4.69) is 17.7 Å². The summed E-state index contributed by atoms with van der Waals surface area (Å²) in [5, 5.41) is 8.95. The van der Waals surface area contributed by atoms with Crippen molar-refractivity contribution in [2.45, 2.75) is 31.1 Å². The molecule has 3 aromatic carbocycles. The van der Waals surface area contributed by atoms with Gasteiger partial charge < -0.3 is 4.90 Å². The number of amides is 1. The lowest BCUT2D eigenvalue weighted by Crippen LogP contribution is -2.40. The van der Waals surface area contributed by atoms with Gasteiger partial charge >= 0.3 is 0 Å². The normalized spacial score (nSPS) is 15.4. The second kappa shape index (κ2) is 9.47. The van der Waals surface area contributed by atoms with Crippen molar-refractivity contribution in [1.82, 2.24) is 0 Å². The first-order valence-corrected chi connectivity index (χ1v) is 12.3. The van der Waals surface area contributed by atoms with Crippen molar-refractivity contribution in [1.29, 1.82) is 5.26 Å². The number of fused-ring (bicyclic) bond motifs is 1. The Hall–Kier alpha value is -3.63. The number of nitriles is 1. The van der Waals surface area contributed by atoms with E-state index < -0.39 is 10.0 Å². The van der Waals surface area contributed by atoms with E-state index in [9.17, 15) is 13.2 Å². The fourth-order valence-electron chi connectivity index (χ4n) is 4.16. The molecule has 1 N–H and O–H groups in total. The molecule has 0 saturated heterocycles. The van der Waals surface area contributed by atoms with Crippen molar-refractivity contribution in [3.63, 3.8) is 0 Å². The number of para-hydroxylation sites is 1. The first kappa shape index (κ1) is 22.6. The van der Waals surface area contributed by atoms with E-state index in [4.69, 9.17) is 5.26 Å². The molecule has 1 aliphatic heterocycles. The average Bonchev–Trinajstić information content (AvgIpc) is 2.82. The van der Waals surface area contributed by atoms with E-state index in [1.54, 1.807) is 53.4 Å². The second-order valence-electron chi connectivity index (χ2n) is 8.35. The molecule has 0 fully saturated rings. The molecule has 0 radical (unpaired) electrons. The smallest absolute Gasteiger partial charge is 0.261 e. The Balaban J connectivity index is 1.60. The fourth-order valence-corrected chi connectivity index (χ4v) is 5.25. The maximum atomic E-state index is 13.3. The summed E-state index contributed by atoms with van der Waals surface area (Å²) in [7, 11) is -3.79. The van der Waals surface area contributed by atoms with Gasteiger partial charge in [-0.25, -0.2) is 8.42 Å². The highest BCUT2D eigenvalue weighted by Crippen LogP contribution is 2.37. The van der Waals surface area contributed by atoms with Gasteiger partial charge in [0.2, 0.25) is 5.91 Å². The number of sulfonamides is 1. The number of anilines is 2. The number of nitrogens with one attached hydrogen (secondary N) is 1. The molecule has 6 nitrogen and oxygen atoms in total. The molecule has 1 atom stereocenters. The van der Waals surface area contributed by atoms with E-state index in [1.807, 2.05) is 24.3 Å². The minimum absolute atomic E-state index is 0.0569. The topological polar surface area (TPSA) is 90.3 Å². The third kappa shape index (κ3) is 5.07. The van der Waals surface area contributed by atoms with Crippen LogP contribution in [0.4, 0.5) is 11.4 Å². The molecule has 0 saturated carbocycles. The van der Waals surface area contributed by atoms with Gasteiger partial charge in [-0.2, -0.15) is 5.26 Å². The van der Waals surface area contributed by atoms with Crippen LogP contribution in [0.3, 0.4) is 0 Å². The minimum Gasteiger partial charge on any atom is -0.310 e. The number of carbonyl (C=O) groups is 1. The molecule has 33 heavy (non-hydrogen) atoms. The van der Waals surface area contributed by atoms with Gasteiger partial charge in [0.25, 0.3) is 10.0 Å². The van der Waals surface area contributed by atoms with Gasteiger partial charge in [0, 0.05) is 13.0 Å². The van der Waals surface area contributed by atoms with Gasteiger partial charge in [-0.1, -0.05) is 49.4 Å². The lowest BCUT2D eigenvalue weighted by molar-refractivity contribution is -0.118. The molecule has 1 heterocycles. The Bertz CT molecular complexity index is 1300. The van der Waals surface area contributed by atoms with E-state index in [-0.39, 0.29) is 23.1 Å². The molecule has 4 rings (SSSR count). The zero-order valence-corrected chi connectivity index (χ0v) is 19.2. The van der Waals surface area contributed by atoms with Crippen LogP contribution in [0.5, 0.6) is 0 Å². The molecule has 0 aromatic heterocycles. The molecule has 1 amide bonds. The van der Waals surface area contributed by atoms with Crippen LogP contribution in [-0.4, -0.2) is 20.9 Å². The van der Waals surface area contributed by atoms with Gasteiger partial charge in [-0.05, 0) is 60.2 Å². The molecule has 0 aliphatic carbocycles. The zero-order chi connectivity index (χ0) is 23.4. The molecule has 1 unspecified atom stereocenters. The molecule has 7 heteroatoms. The van der Waals surface area contributed by atoms with Crippen molar-refractivity contribution in [3.05, 3.63) is 89.5 Å². The SMILES string of the molecule is CC1Cc2cccc(NS(=O)(=O)c3ccccc3)c2N(C(=O)CCc2ccc(C#N)cc2)C1. The summed E-state index contributed by atoms with van der Waals surface area (Å²) in [6.07, 6.45) is 1.61. The summed E-state index contributed by atoms with van der Waals surface area (Å²) < 4.78 is 28.6. The van der Waals surface area contributed by atoms with Crippen molar-refractivity contribution >= 4 is 27.3 Å². The summed E-state index contributed by atoms with van der Waals surface area (Å²) >= 11 is 0. The summed E-state index contributed by atoms with van der Waals surface area (Å²) in [6.45, 7) is 2.62. The van der Waals surface area contributed by atoms with Crippen LogP contribution in [0, 0.1) is 17.2 Å². The first-order valence-electron chi connectivity index (χ1n) is 10.9. The Labute approximate surface area is 194 Å². The van der Waals surface area contributed by atoms with Gasteiger partial charge in [0.1, 0.15) is 0 Å². The van der Waals surface area contributed by atoms with Crippen LogP contribution in [0.15, 0.2) is 77.7 Å². The monoisotopic (exact) mass is 459 g/mol. The number of nitrogens with zero attached hydrogens (tertiary/aromatic N) is 2. The van der Waals surface area contributed by atoms with E-state index >= 15 is 0 Å². The van der Waals surface area contributed by atoms with Crippen LogP contribution in [0.25, 0.3) is 0 Å². The van der Waals surface area contributed by atoms with Crippen molar-refractivity contribution in [3.8, 4) is 6.07 Å². The summed E-state index contributed by atoms with van der Waals surface area (Å²) in [4.78, 5) is 15.2. The average molecular weight is 460 g/mol. The lowest BCUT2D eigenvalue weighted by Gasteiger charge is -2.35. The third-order valence-electron chi connectivity index (χ3n) is 5.76. The highest BCUT2D eigenvalue weighted by molar-refractivity contribution is 7.92. The van der Waals surface area contributed by atoms with Gasteiger partial charge in [0.05, 0.1) is 27.9 Å². The summed E-state index contributed by atoms with van der Waals surface area (Å²) in [5.74, 6) is 0.205. The zero-order valence-electron chi connectivity index (χ0n) is 18.4. The van der Waals surface area contributed by atoms with E-state index in [1.165, 1.54) is 0 Å². The Kier molecular flexibility index (Phi) is 6.47. The van der Waals surface area contributed by atoms with Crippen molar-refractivity contribution in [2.24, 2.45) is 5.92 Å². The first-order chi connectivity index (χ1) is 15.9. The Morgan fingerprint density at radius 3 is 2.48 bits per heavy atom. The van der Waals surface area contributed by atoms with Crippen molar-refractivity contribution < 1.29 is 13.2 Å². The number of aryl methyl sites for hydroxylation is 1. The van der Waals surface area contributed by atoms with Gasteiger partial charge in [0.15, 0.2) is 0 Å². The van der Waals surface area contributed by atoms with E-state index in [0.717, 1.165) is 17.5 Å². The Morgan fingerprint density at radius 1 is 1.06 bits per heavy atom. The van der Waals surface area contributed by atoms with Crippen LogP contribution in [0.2, 0.25) is 0 Å². The molecule has 168 valence electrons. The number of hydrogen-bond acceptors (Lipinski definition) is 4. The predicted octanol–water partition coefficient (Wildman–Crippen LogP) is 4.52. The van der Waals surface area contributed by atoms with Crippen LogP contribution >= 0.6 is 0 Å². The van der Waals surface area contributed by atoms with Gasteiger partial charge in [-0.3, -0.25) is 9.52 Å². The highest BCUT2D eigenvalue weighted by Gasteiger charge is 2.30. The largest absolute Gasteiger partial charge is 0.310 e. The van der Waals surface area contributed by atoms with Crippen LogP contribution in [-0.2, 0) is 27.7 Å². The third-order valence-corrected chi connectivity index (χ3v) is 7.14. The van der Waals surface area contributed by atoms with Crippen LogP contribution < -0.4 is 9.62 Å². The standard InChI is InChI=1S/C26H25N3O3S/c1-19-16-22-6-5-9-24(28-33(31,32)23-7-3-2-4-8-23)26(22)29(18-19)25(30)15-14-20-10-12-21(17-27)13-11-20/h2-13,19,28H,14-16,18H2,1H3. The number of rotatable bonds is 6. The molecular formula is C26H25N3O3S.